The van der Waals surface area contributed by atoms with E-state index in [9.17, 15) is 19.7 Å². The highest BCUT2D eigenvalue weighted by atomic mass is 16.6. The molecule has 0 aliphatic heterocycles. The molecule has 0 atom stereocenters. The standard InChI is InChI=1S/C17H13N3O5/c1-2-25-17(22)15-13-5-3-4-6-14(13)19(18-15)16(21)11-7-9-12(10-8-11)20(23)24/h3-10H,2H2,1H3. The number of carbonyl (C=O) groups excluding carboxylic acids is 2. The number of benzene rings is 2. The fraction of sp³-hybridized carbons (Fsp3) is 0.118. The van der Waals surface area contributed by atoms with Gasteiger partial charge in [0.15, 0.2) is 5.69 Å². The van der Waals surface area contributed by atoms with Crippen LogP contribution in [0.1, 0.15) is 27.8 Å². The Morgan fingerprint density at radius 3 is 2.48 bits per heavy atom. The number of fused-ring (bicyclic) bond motifs is 1. The SMILES string of the molecule is CCOC(=O)c1nn(C(=O)c2ccc([N+](=O)[O-])cc2)c2ccccc12. The van der Waals surface area contributed by atoms with Gasteiger partial charge in [0.05, 0.1) is 17.0 Å². The maximum atomic E-state index is 12.7. The van der Waals surface area contributed by atoms with Crippen LogP contribution in [0.4, 0.5) is 5.69 Å². The molecule has 0 spiro atoms. The van der Waals surface area contributed by atoms with Crippen molar-refractivity contribution in [1.82, 2.24) is 9.78 Å². The van der Waals surface area contributed by atoms with Crippen molar-refractivity contribution in [2.45, 2.75) is 6.92 Å². The van der Waals surface area contributed by atoms with Gasteiger partial charge in [-0.05, 0) is 25.1 Å². The monoisotopic (exact) mass is 339 g/mol. The summed E-state index contributed by atoms with van der Waals surface area (Å²) >= 11 is 0. The number of rotatable bonds is 4. The Kier molecular flexibility index (Phi) is 4.25. The molecule has 2 aromatic carbocycles. The van der Waals surface area contributed by atoms with Crippen molar-refractivity contribution in [1.29, 1.82) is 0 Å². The van der Waals surface area contributed by atoms with E-state index in [4.69, 9.17) is 4.74 Å². The summed E-state index contributed by atoms with van der Waals surface area (Å²) in [5.74, 6) is -1.12. The molecule has 0 aliphatic carbocycles. The van der Waals surface area contributed by atoms with Gasteiger partial charge in [0.25, 0.3) is 11.6 Å². The molecule has 0 saturated carbocycles. The number of hydrogen-bond acceptors (Lipinski definition) is 6. The van der Waals surface area contributed by atoms with E-state index in [2.05, 4.69) is 5.10 Å². The predicted molar refractivity (Wildman–Crippen MR) is 88.5 cm³/mol. The maximum absolute atomic E-state index is 12.7. The molecule has 0 fully saturated rings. The quantitative estimate of drug-likeness (QED) is 0.411. The van der Waals surface area contributed by atoms with Gasteiger partial charge in [-0.1, -0.05) is 18.2 Å². The van der Waals surface area contributed by atoms with Crippen molar-refractivity contribution < 1.29 is 19.2 Å². The Morgan fingerprint density at radius 1 is 1.16 bits per heavy atom. The first-order valence-corrected chi connectivity index (χ1v) is 7.47. The summed E-state index contributed by atoms with van der Waals surface area (Å²) < 4.78 is 6.08. The third-order valence-corrected chi connectivity index (χ3v) is 3.57. The van der Waals surface area contributed by atoms with Gasteiger partial charge >= 0.3 is 5.97 Å². The third kappa shape index (κ3) is 2.97. The molecule has 0 N–H and O–H groups in total. The maximum Gasteiger partial charge on any atom is 0.359 e. The lowest BCUT2D eigenvalue weighted by molar-refractivity contribution is -0.384. The second-order valence-corrected chi connectivity index (χ2v) is 5.11. The average Bonchev–Trinajstić information content (AvgIpc) is 3.01. The Labute approximate surface area is 141 Å². The van der Waals surface area contributed by atoms with E-state index in [-0.39, 0.29) is 23.6 Å². The van der Waals surface area contributed by atoms with E-state index in [1.807, 2.05) is 0 Å². The van der Waals surface area contributed by atoms with Crippen LogP contribution < -0.4 is 0 Å². The normalized spacial score (nSPS) is 10.6. The van der Waals surface area contributed by atoms with E-state index in [0.717, 1.165) is 4.68 Å². The van der Waals surface area contributed by atoms with Crippen molar-refractivity contribution in [3.05, 3.63) is 69.9 Å². The van der Waals surface area contributed by atoms with Crippen LogP contribution in [0.5, 0.6) is 0 Å². The molecule has 126 valence electrons. The van der Waals surface area contributed by atoms with Crippen molar-refractivity contribution >= 4 is 28.5 Å². The van der Waals surface area contributed by atoms with E-state index >= 15 is 0 Å². The molecule has 0 radical (unpaired) electrons. The molecule has 8 nitrogen and oxygen atoms in total. The zero-order valence-corrected chi connectivity index (χ0v) is 13.2. The first-order chi connectivity index (χ1) is 12.0. The van der Waals surface area contributed by atoms with Crippen LogP contribution in [0.15, 0.2) is 48.5 Å². The number of ether oxygens (including phenoxy) is 1. The molecule has 3 aromatic rings. The minimum atomic E-state index is -0.617. The second-order valence-electron chi connectivity index (χ2n) is 5.11. The van der Waals surface area contributed by atoms with Crippen molar-refractivity contribution in [3.63, 3.8) is 0 Å². The molecule has 25 heavy (non-hydrogen) atoms. The second kappa shape index (κ2) is 6.52. The van der Waals surface area contributed by atoms with Crippen LogP contribution in [-0.4, -0.2) is 33.2 Å². The van der Waals surface area contributed by atoms with Crippen LogP contribution in [0, 0.1) is 10.1 Å². The van der Waals surface area contributed by atoms with Crippen LogP contribution in [-0.2, 0) is 4.74 Å². The highest BCUT2D eigenvalue weighted by molar-refractivity contribution is 6.07. The Hall–Kier alpha value is -3.55. The number of para-hydroxylation sites is 1. The molecule has 0 saturated heterocycles. The summed E-state index contributed by atoms with van der Waals surface area (Å²) in [4.78, 5) is 35.0. The number of esters is 1. The largest absolute Gasteiger partial charge is 0.461 e. The van der Waals surface area contributed by atoms with E-state index < -0.39 is 16.8 Å². The molecule has 3 rings (SSSR count). The fourth-order valence-corrected chi connectivity index (χ4v) is 2.42. The van der Waals surface area contributed by atoms with Crippen LogP contribution >= 0.6 is 0 Å². The molecule has 0 amide bonds. The van der Waals surface area contributed by atoms with Crippen LogP contribution in [0.3, 0.4) is 0 Å². The summed E-state index contributed by atoms with van der Waals surface area (Å²) in [5.41, 5.74) is 0.602. The van der Waals surface area contributed by atoms with Gasteiger partial charge in [0.1, 0.15) is 0 Å². The van der Waals surface area contributed by atoms with Crippen LogP contribution in [0.2, 0.25) is 0 Å². The number of nitro benzene ring substituents is 1. The number of nitro groups is 1. The number of nitrogens with zero attached hydrogens (tertiary/aromatic N) is 3. The summed E-state index contributed by atoms with van der Waals surface area (Å²) in [6.45, 7) is 1.87. The number of hydrogen-bond donors (Lipinski definition) is 0. The predicted octanol–water partition coefficient (Wildman–Crippen LogP) is 2.81. The van der Waals surface area contributed by atoms with E-state index in [1.54, 1.807) is 31.2 Å². The highest BCUT2D eigenvalue weighted by Crippen LogP contribution is 2.21. The average molecular weight is 339 g/mol. The molecule has 0 bridgehead atoms. The fourth-order valence-electron chi connectivity index (χ4n) is 2.42. The van der Waals surface area contributed by atoms with Crippen molar-refractivity contribution in [2.24, 2.45) is 0 Å². The van der Waals surface area contributed by atoms with Gasteiger partial charge in [-0.25, -0.2) is 4.79 Å². The van der Waals surface area contributed by atoms with Gasteiger partial charge in [0, 0.05) is 23.1 Å². The number of non-ortho nitro benzene ring substituents is 1. The molecule has 8 heteroatoms. The Balaban J connectivity index is 2.07. The highest BCUT2D eigenvalue weighted by Gasteiger charge is 2.22. The van der Waals surface area contributed by atoms with Gasteiger partial charge < -0.3 is 4.74 Å². The smallest absolute Gasteiger partial charge is 0.359 e. The molecule has 0 unspecified atom stereocenters. The Bertz CT molecular complexity index is 976. The lowest BCUT2D eigenvalue weighted by Gasteiger charge is -2.02. The van der Waals surface area contributed by atoms with Crippen molar-refractivity contribution in [2.75, 3.05) is 6.61 Å². The number of carbonyl (C=O) groups is 2. The lowest BCUT2D eigenvalue weighted by Crippen LogP contribution is -2.15. The summed E-state index contributed by atoms with van der Waals surface area (Å²) in [5, 5.41) is 15.3. The first-order valence-electron chi connectivity index (χ1n) is 7.47. The minimum absolute atomic E-state index is 0.0488. The molecular formula is C17H13N3O5. The third-order valence-electron chi connectivity index (χ3n) is 3.57. The van der Waals surface area contributed by atoms with Gasteiger partial charge in [-0.3, -0.25) is 14.9 Å². The van der Waals surface area contributed by atoms with E-state index in [1.165, 1.54) is 24.3 Å². The topological polar surface area (TPSA) is 104 Å². The molecular weight excluding hydrogens is 326 g/mol. The van der Waals surface area contributed by atoms with Gasteiger partial charge in [0.2, 0.25) is 0 Å². The molecule has 1 heterocycles. The van der Waals surface area contributed by atoms with Gasteiger partial charge in [-0.2, -0.15) is 9.78 Å². The van der Waals surface area contributed by atoms with Crippen molar-refractivity contribution in [3.8, 4) is 0 Å². The number of aromatic nitrogens is 2. The van der Waals surface area contributed by atoms with Crippen LogP contribution in [0.25, 0.3) is 10.9 Å². The van der Waals surface area contributed by atoms with Gasteiger partial charge in [-0.15, -0.1) is 0 Å². The zero-order valence-electron chi connectivity index (χ0n) is 13.2. The van der Waals surface area contributed by atoms with E-state index in [0.29, 0.717) is 10.9 Å². The lowest BCUT2D eigenvalue weighted by atomic mass is 10.2. The first kappa shape index (κ1) is 16.3. The summed E-state index contributed by atoms with van der Waals surface area (Å²) in [6, 6.07) is 12.0. The zero-order chi connectivity index (χ0) is 18.0. The molecule has 1 aromatic heterocycles. The Morgan fingerprint density at radius 2 is 1.84 bits per heavy atom. The summed E-state index contributed by atoms with van der Waals surface area (Å²) in [7, 11) is 0. The summed E-state index contributed by atoms with van der Waals surface area (Å²) in [6.07, 6.45) is 0. The minimum Gasteiger partial charge on any atom is -0.461 e. The molecule has 0 aliphatic rings.